The molecular weight excluding hydrogens is 398 g/mol. The standard InChI is InChI=1S/C24H25NO4S/c1-14-7-10-18(11-8-14)21-17(4)30-23(22(21)24(27)28-5)25-20(26)13-29-19-12-15(2)6-9-16(19)3/h6-12H,13H2,1-5H3,(H,25,26). The largest absolute Gasteiger partial charge is 0.483 e. The highest BCUT2D eigenvalue weighted by atomic mass is 32.1. The van der Waals surface area contributed by atoms with E-state index in [0.29, 0.717) is 16.3 Å². The van der Waals surface area contributed by atoms with Gasteiger partial charge in [0.05, 0.1) is 7.11 Å². The second-order valence-electron chi connectivity index (χ2n) is 7.20. The van der Waals surface area contributed by atoms with Gasteiger partial charge in [0.15, 0.2) is 6.61 Å². The van der Waals surface area contributed by atoms with Gasteiger partial charge in [-0.2, -0.15) is 0 Å². The third kappa shape index (κ3) is 4.71. The lowest BCUT2D eigenvalue weighted by molar-refractivity contribution is -0.118. The molecule has 0 aliphatic heterocycles. The SMILES string of the molecule is COC(=O)c1c(NC(=O)COc2cc(C)ccc2C)sc(C)c1-c1ccc(C)cc1. The monoisotopic (exact) mass is 423 g/mol. The molecule has 0 atom stereocenters. The maximum atomic E-state index is 12.6. The first-order chi connectivity index (χ1) is 14.3. The number of anilines is 1. The van der Waals surface area contributed by atoms with Crippen LogP contribution in [0, 0.1) is 27.7 Å². The van der Waals surface area contributed by atoms with Gasteiger partial charge in [-0.25, -0.2) is 4.79 Å². The van der Waals surface area contributed by atoms with Crippen LogP contribution in [0.3, 0.4) is 0 Å². The van der Waals surface area contributed by atoms with E-state index in [4.69, 9.17) is 9.47 Å². The van der Waals surface area contributed by atoms with E-state index in [0.717, 1.165) is 32.7 Å². The highest BCUT2D eigenvalue weighted by Crippen LogP contribution is 2.40. The lowest BCUT2D eigenvalue weighted by Gasteiger charge is -2.11. The molecule has 0 radical (unpaired) electrons. The Labute approximate surface area is 180 Å². The van der Waals surface area contributed by atoms with Crippen molar-refractivity contribution in [2.45, 2.75) is 27.7 Å². The van der Waals surface area contributed by atoms with Crippen molar-refractivity contribution in [3.63, 3.8) is 0 Å². The molecule has 1 amide bonds. The molecule has 0 saturated heterocycles. The predicted octanol–water partition coefficient (Wildman–Crippen LogP) is 5.45. The Balaban J connectivity index is 1.85. The Kier molecular flexibility index (Phi) is 6.57. The minimum atomic E-state index is -0.485. The molecular formula is C24H25NO4S. The Hall–Kier alpha value is -3.12. The van der Waals surface area contributed by atoms with Gasteiger partial charge in [0.25, 0.3) is 5.91 Å². The molecule has 2 aromatic carbocycles. The van der Waals surface area contributed by atoms with E-state index in [1.54, 1.807) is 0 Å². The van der Waals surface area contributed by atoms with E-state index in [1.165, 1.54) is 18.4 Å². The Morgan fingerprint density at radius 3 is 2.30 bits per heavy atom. The molecule has 0 saturated carbocycles. The second kappa shape index (κ2) is 9.13. The minimum absolute atomic E-state index is 0.151. The molecule has 156 valence electrons. The number of benzene rings is 2. The summed E-state index contributed by atoms with van der Waals surface area (Å²) in [6.07, 6.45) is 0. The molecule has 1 heterocycles. The number of esters is 1. The number of methoxy groups -OCH3 is 1. The van der Waals surface area contributed by atoms with E-state index in [2.05, 4.69) is 5.32 Å². The van der Waals surface area contributed by atoms with Gasteiger partial charge in [-0.1, -0.05) is 42.0 Å². The van der Waals surface area contributed by atoms with Crippen molar-refractivity contribution >= 4 is 28.2 Å². The Morgan fingerprint density at radius 1 is 0.967 bits per heavy atom. The number of nitrogens with one attached hydrogen (secondary N) is 1. The van der Waals surface area contributed by atoms with Crippen molar-refractivity contribution in [2.24, 2.45) is 0 Å². The molecule has 0 bridgehead atoms. The summed E-state index contributed by atoms with van der Waals surface area (Å²) in [5.41, 5.74) is 5.18. The summed E-state index contributed by atoms with van der Waals surface area (Å²) in [6, 6.07) is 13.7. The van der Waals surface area contributed by atoms with Crippen molar-refractivity contribution in [3.8, 4) is 16.9 Å². The van der Waals surface area contributed by atoms with Gasteiger partial charge in [-0.05, 0) is 50.5 Å². The van der Waals surface area contributed by atoms with Gasteiger partial charge in [0, 0.05) is 10.4 Å². The molecule has 30 heavy (non-hydrogen) atoms. The maximum Gasteiger partial charge on any atom is 0.341 e. The van der Waals surface area contributed by atoms with Gasteiger partial charge in [0.2, 0.25) is 0 Å². The molecule has 1 aromatic heterocycles. The van der Waals surface area contributed by atoms with Crippen molar-refractivity contribution in [2.75, 3.05) is 19.0 Å². The van der Waals surface area contributed by atoms with Crippen LogP contribution in [0.2, 0.25) is 0 Å². The van der Waals surface area contributed by atoms with Gasteiger partial charge in [-0.3, -0.25) is 4.79 Å². The summed E-state index contributed by atoms with van der Waals surface area (Å²) in [6.45, 7) is 7.68. The highest BCUT2D eigenvalue weighted by molar-refractivity contribution is 7.17. The van der Waals surface area contributed by atoms with Crippen LogP contribution in [0.5, 0.6) is 5.75 Å². The normalized spacial score (nSPS) is 10.6. The lowest BCUT2D eigenvalue weighted by Crippen LogP contribution is -2.21. The number of carbonyl (C=O) groups excluding carboxylic acids is 2. The average Bonchev–Trinajstić information content (AvgIpc) is 3.04. The topological polar surface area (TPSA) is 64.6 Å². The summed E-state index contributed by atoms with van der Waals surface area (Å²) in [5, 5.41) is 3.29. The van der Waals surface area contributed by atoms with Crippen LogP contribution < -0.4 is 10.1 Å². The number of hydrogen-bond donors (Lipinski definition) is 1. The fraction of sp³-hybridized carbons (Fsp3) is 0.250. The predicted molar refractivity (Wildman–Crippen MR) is 121 cm³/mol. The van der Waals surface area contributed by atoms with Crippen LogP contribution in [0.25, 0.3) is 11.1 Å². The van der Waals surface area contributed by atoms with E-state index < -0.39 is 5.97 Å². The molecule has 1 N–H and O–H groups in total. The van der Waals surface area contributed by atoms with Gasteiger partial charge >= 0.3 is 5.97 Å². The molecule has 0 aliphatic rings. The number of ether oxygens (including phenoxy) is 2. The Morgan fingerprint density at radius 2 is 1.63 bits per heavy atom. The second-order valence-corrected chi connectivity index (χ2v) is 8.43. The van der Waals surface area contributed by atoms with Gasteiger partial charge < -0.3 is 14.8 Å². The van der Waals surface area contributed by atoms with Crippen LogP contribution in [0.15, 0.2) is 42.5 Å². The fourth-order valence-electron chi connectivity index (χ4n) is 3.17. The van der Waals surface area contributed by atoms with Crippen molar-refractivity contribution in [3.05, 3.63) is 69.6 Å². The van der Waals surface area contributed by atoms with E-state index in [9.17, 15) is 9.59 Å². The number of amides is 1. The quantitative estimate of drug-likeness (QED) is 0.535. The van der Waals surface area contributed by atoms with Crippen LogP contribution in [0.1, 0.15) is 31.9 Å². The molecule has 5 nitrogen and oxygen atoms in total. The molecule has 3 aromatic rings. The zero-order valence-corrected chi connectivity index (χ0v) is 18.6. The zero-order chi connectivity index (χ0) is 21.8. The molecule has 3 rings (SSSR count). The summed E-state index contributed by atoms with van der Waals surface area (Å²) < 4.78 is 10.7. The van der Waals surface area contributed by atoms with Crippen LogP contribution >= 0.6 is 11.3 Å². The average molecular weight is 424 g/mol. The number of hydrogen-bond acceptors (Lipinski definition) is 5. The summed E-state index contributed by atoms with van der Waals surface area (Å²) in [4.78, 5) is 26.0. The first kappa shape index (κ1) is 21.6. The van der Waals surface area contributed by atoms with Crippen molar-refractivity contribution in [1.82, 2.24) is 0 Å². The number of rotatable bonds is 6. The zero-order valence-electron chi connectivity index (χ0n) is 17.8. The number of thiophene rings is 1. The fourth-order valence-corrected chi connectivity index (χ4v) is 4.25. The molecule has 6 heteroatoms. The summed E-state index contributed by atoms with van der Waals surface area (Å²) in [7, 11) is 1.34. The van der Waals surface area contributed by atoms with E-state index in [-0.39, 0.29) is 12.5 Å². The van der Waals surface area contributed by atoms with Crippen LogP contribution in [-0.2, 0) is 9.53 Å². The third-order valence-electron chi connectivity index (χ3n) is 4.77. The van der Waals surface area contributed by atoms with E-state index in [1.807, 2.05) is 70.2 Å². The first-order valence-corrected chi connectivity index (χ1v) is 10.4. The minimum Gasteiger partial charge on any atom is -0.483 e. The lowest BCUT2D eigenvalue weighted by atomic mass is 10.0. The first-order valence-electron chi connectivity index (χ1n) is 9.58. The number of aryl methyl sites for hydroxylation is 4. The molecule has 0 spiro atoms. The van der Waals surface area contributed by atoms with Crippen molar-refractivity contribution < 1.29 is 19.1 Å². The third-order valence-corrected chi connectivity index (χ3v) is 5.79. The maximum absolute atomic E-state index is 12.6. The molecule has 0 aliphatic carbocycles. The molecule has 0 unspecified atom stereocenters. The van der Waals surface area contributed by atoms with E-state index >= 15 is 0 Å². The van der Waals surface area contributed by atoms with Crippen LogP contribution in [0.4, 0.5) is 5.00 Å². The Bertz CT molecular complexity index is 1080. The van der Waals surface area contributed by atoms with Crippen LogP contribution in [-0.4, -0.2) is 25.6 Å². The highest BCUT2D eigenvalue weighted by Gasteiger charge is 2.25. The van der Waals surface area contributed by atoms with Gasteiger partial charge in [-0.15, -0.1) is 11.3 Å². The summed E-state index contributed by atoms with van der Waals surface area (Å²) in [5.74, 6) is -0.153. The van der Waals surface area contributed by atoms with Gasteiger partial charge in [0.1, 0.15) is 16.3 Å². The number of carbonyl (C=O) groups is 2. The summed E-state index contributed by atoms with van der Waals surface area (Å²) >= 11 is 1.35. The smallest absolute Gasteiger partial charge is 0.341 e. The molecule has 0 fully saturated rings. The van der Waals surface area contributed by atoms with Crippen molar-refractivity contribution in [1.29, 1.82) is 0 Å².